The van der Waals surface area contributed by atoms with Crippen molar-refractivity contribution in [2.75, 3.05) is 6.54 Å². The normalized spacial score (nSPS) is 21.4. The van der Waals surface area contributed by atoms with E-state index < -0.39 is 5.97 Å². The first kappa shape index (κ1) is 14.3. The lowest BCUT2D eigenvalue weighted by Gasteiger charge is -2.13. The van der Waals surface area contributed by atoms with Crippen molar-refractivity contribution in [3.05, 3.63) is 30.1 Å². The van der Waals surface area contributed by atoms with Gasteiger partial charge in [0.05, 0.1) is 5.92 Å². The van der Waals surface area contributed by atoms with Gasteiger partial charge in [-0.25, -0.2) is 4.79 Å². The Balaban J connectivity index is 1.65. The summed E-state index contributed by atoms with van der Waals surface area (Å²) in [5.41, 5.74) is 1.07. The zero-order valence-electron chi connectivity index (χ0n) is 11.2. The Labute approximate surface area is 117 Å². The van der Waals surface area contributed by atoms with Crippen LogP contribution >= 0.6 is 0 Å². The molecule has 2 amide bonds. The van der Waals surface area contributed by atoms with E-state index in [1.165, 1.54) is 0 Å². The highest BCUT2D eigenvalue weighted by Gasteiger charge is 2.30. The number of pyridine rings is 1. The smallest absolute Gasteiger partial charge is 0.315 e. The SMILES string of the molecule is O=C(NCCc1cccnc1)N[C@H]1CC[C@@H](C(=O)O)C1. The van der Waals surface area contributed by atoms with Crippen LogP contribution in [0.15, 0.2) is 24.5 Å². The van der Waals surface area contributed by atoms with Crippen LogP contribution in [-0.4, -0.2) is 34.7 Å². The number of carbonyl (C=O) groups excluding carboxylic acids is 1. The van der Waals surface area contributed by atoms with Gasteiger partial charge in [-0.3, -0.25) is 9.78 Å². The quantitative estimate of drug-likeness (QED) is 0.753. The van der Waals surface area contributed by atoms with Crippen molar-refractivity contribution in [1.82, 2.24) is 15.6 Å². The maximum Gasteiger partial charge on any atom is 0.315 e. The molecular weight excluding hydrogens is 258 g/mol. The molecule has 108 valence electrons. The minimum Gasteiger partial charge on any atom is -0.481 e. The summed E-state index contributed by atoms with van der Waals surface area (Å²) < 4.78 is 0. The van der Waals surface area contributed by atoms with E-state index in [9.17, 15) is 9.59 Å². The summed E-state index contributed by atoms with van der Waals surface area (Å²) in [5, 5.41) is 14.5. The molecule has 3 N–H and O–H groups in total. The minimum atomic E-state index is -0.772. The second-order valence-corrected chi connectivity index (χ2v) is 5.06. The number of nitrogens with zero attached hydrogens (tertiary/aromatic N) is 1. The number of amides is 2. The summed E-state index contributed by atoms with van der Waals surface area (Å²) in [6, 6.07) is 3.56. The number of carbonyl (C=O) groups is 2. The predicted molar refractivity (Wildman–Crippen MR) is 73.2 cm³/mol. The van der Waals surface area contributed by atoms with E-state index in [4.69, 9.17) is 5.11 Å². The molecule has 0 spiro atoms. The molecule has 6 heteroatoms. The molecule has 1 aromatic heterocycles. The Hall–Kier alpha value is -2.11. The molecule has 2 rings (SSSR count). The van der Waals surface area contributed by atoms with Crippen LogP contribution in [0.3, 0.4) is 0 Å². The third-order valence-electron chi connectivity index (χ3n) is 3.54. The monoisotopic (exact) mass is 277 g/mol. The Kier molecular flexibility index (Phi) is 4.92. The molecule has 0 unspecified atom stereocenters. The second kappa shape index (κ2) is 6.88. The molecule has 0 saturated heterocycles. The van der Waals surface area contributed by atoms with Gasteiger partial charge in [-0.2, -0.15) is 0 Å². The van der Waals surface area contributed by atoms with Crippen LogP contribution < -0.4 is 10.6 Å². The van der Waals surface area contributed by atoms with Gasteiger partial charge >= 0.3 is 12.0 Å². The molecule has 1 aliphatic rings. The molecule has 2 atom stereocenters. The Morgan fingerprint density at radius 1 is 1.40 bits per heavy atom. The second-order valence-electron chi connectivity index (χ2n) is 5.06. The zero-order valence-corrected chi connectivity index (χ0v) is 11.2. The van der Waals surface area contributed by atoms with Crippen LogP contribution in [0.1, 0.15) is 24.8 Å². The number of aromatic nitrogens is 1. The highest BCUT2D eigenvalue weighted by molar-refractivity contribution is 5.75. The van der Waals surface area contributed by atoms with E-state index in [-0.39, 0.29) is 18.0 Å². The van der Waals surface area contributed by atoms with E-state index in [0.29, 0.717) is 19.4 Å². The number of rotatable bonds is 5. The summed E-state index contributed by atoms with van der Waals surface area (Å²) in [5.74, 6) is -1.10. The van der Waals surface area contributed by atoms with Crippen molar-refractivity contribution >= 4 is 12.0 Å². The van der Waals surface area contributed by atoms with Crippen LogP contribution in [0.2, 0.25) is 0 Å². The van der Waals surface area contributed by atoms with Crippen molar-refractivity contribution in [2.45, 2.75) is 31.7 Å². The van der Waals surface area contributed by atoms with Crippen molar-refractivity contribution in [3.63, 3.8) is 0 Å². The summed E-state index contributed by atoms with van der Waals surface area (Å²) in [4.78, 5) is 26.5. The van der Waals surface area contributed by atoms with Crippen LogP contribution in [0, 0.1) is 5.92 Å². The lowest BCUT2D eigenvalue weighted by atomic mass is 10.1. The van der Waals surface area contributed by atoms with Gasteiger partial charge in [-0.15, -0.1) is 0 Å². The fourth-order valence-electron chi connectivity index (χ4n) is 2.44. The van der Waals surface area contributed by atoms with Crippen molar-refractivity contribution < 1.29 is 14.7 Å². The fraction of sp³-hybridized carbons (Fsp3) is 0.500. The summed E-state index contributed by atoms with van der Waals surface area (Å²) in [6.07, 6.45) is 6.09. The molecule has 6 nitrogen and oxygen atoms in total. The number of carboxylic acids is 1. The Morgan fingerprint density at radius 3 is 2.90 bits per heavy atom. The molecule has 1 aromatic rings. The molecular formula is C14H19N3O3. The number of aliphatic carboxylic acids is 1. The van der Waals surface area contributed by atoms with Gasteiger partial charge in [-0.1, -0.05) is 6.07 Å². The predicted octanol–water partition coefficient (Wildman–Crippen LogP) is 1.18. The molecule has 1 saturated carbocycles. The van der Waals surface area contributed by atoms with E-state index in [0.717, 1.165) is 18.4 Å². The van der Waals surface area contributed by atoms with Gasteiger partial charge in [0.15, 0.2) is 0 Å². The van der Waals surface area contributed by atoms with Crippen LogP contribution in [-0.2, 0) is 11.2 Å². The van der Waals surface area contributed by atoms with E-state index >= 15 is 0 Å². The summed E-state index contributed by atoms with van der Waals surface area (Å²) in [7, 11) is 0. The summed E-state index contributed by atoms with van der Waals surface area (Å²) >= 11 is 0. The Bertz CT molecular complexity index is 464. The molecule has 1 heterocycles. The van der Waals surface area contributed by atoms with Crippen LogP contribution in [0.25, 0.3) is 0 Å². The Morgan fingerprint density at radius 2 is 2.25 bits per heavy atom. The average Bonchev–Trinajstić information content (AvgIpc) is 2.88. The lowest BCUT2D eigenvalue weighted by molar-refractivity contribution is -0.141. The highest BCUT2D eigenvalue weighted by Crippen LogP contribution is 2.25. The first-order valence-corrected chi connectivity index (χ1v) is 6.81. The molecule has 1 aliphatic carbocycles. The average molecular weight is 277 g/mol. The van der Waals surface area contributed by atoms with E-state index in [1.54, 1.807) is 12.4 Å². The van der Waals surface area contributed by atoms with Crippen molar-refractivity contribution in [3.8, 4) is 0 Å². The van der Waals surface area contributed by atoms with Gasteiger partial charge < -0.3 is 15.7 Å². The van der Waals surface area contributed by atoms with Crippen molar-refractivity contribution in [1.29, 1.82) is 0 Å². The first-order valence-electron chi connectivity index (χ1n) is 6.81. The van der Waals surface area contributed by atoms with E-state index in [2.05, 4.69) is 15.6 Å². The standard InChI is InChI=1S/C14H19N3O3/c18-13(19)11-3-4-12(8-11)17-14(20)16-7-5-10-2-1-6-15-9-10/h1-2,6,9,11-12H,3-5,7-8H2,(H,18,19)(H2,16,17,20)/t11-,12+/m1/s1. The third-order valence-corrected chi connectivity index (χ3v) is 3.54. The van der Waals surface area contributed by atoms with Gasteiger partial charge in [0.2, 0.25) is 0 Å². The number of hydrogen-bond acceptors (Lipinski definition) is 3. The molecule has 1 fully saturated rings. The van der Waals surface area contributed by atoms with Crippen molar-refractivity contribution in [2.24, 2.45) is 5.92 Å². The number of hydrogen-bond donors (Lipinski definition) is 3. The van der Waals surface area contributed by atoms with Gasteiger partial charge in [0.1, 0.15) is 0 Å². The molecule has 0 bridgehead atoms. The first-order chi connectivity index (χ1) is 9.65. The molecule has 0 radical (unpaired) electrons. The lowest BCUT2D eigenvalue weighted by Crippen LogP contribution is -2.41. The van der Waals surface area contributed by atoms with Crippen LogP contribution in [0.5, 0.6) is 0 Å². The largest absolute Gasteiger partial charge is 0.481 e. The number of nitrogens with one attached hydrogen (secondary N) is 2. The van der Waals surface area contributed by atoms with Gasteiger partial charge in [-0.05, 0) is 37.3 Å². The fourth-order valence-corrected chi connectivity index (χ4v) is 2.44. The topological polar surface area (TPSA) is 91.3 Å². The number of carboxylic acid groups (broad SMARTS) is 1. The minimum absolute atomic E-state index is 0.0329. The summed E-state index contributed by atoms with van der Waals surface area (Å²) in [6.45, 7) is 0.534. The van der Waals surface area contributed by atoms with Gasteiger partial charge in [0.25, 0.3) is 0 Å². The maximum absolute atomic E-state index is 11.7. The third kappa shape index (κ3) is 4.22. The zero-order chi connectivity index (χ0) is 14.4. The van der Waals surface area contributed by atoms with Crippen LogP contribution in [0.4, 0.5) is 4.79 Å². The molecule has 0 aliphatic heterocycles. The molecule has 0 aromatic carbocycles. The number of urea groups is 1. The molecule has 20 heavy (non-hydrogen) atoms. The van der Waals surface area contributed by atoms with E-state index in [1.807, 2.05) is 12.1 Å². The van der Waals surface area contributed by atoms with Gasteiger partial charge in [0, 0.05) is 25.0 Å². The maximum atomic E-state index is 11.7. The highest BCUT2D eigenvalue weighted by atomic mass is 16.4.